The summed E-state index contributed by atoms with van der Waals surface area (Å²) in [6.45, 7) is 8.91. The molecule has 1 aromatic heterocycles. The summed E-state index contributed by atoms with van der Waals surface area (Å²) in [5.74, 6) is 0.764. The summed E-state index contributed by atoms with van der Waals surface area (Å²) in [4.78, 5) is 19.2. The Hall–Kier alpha value is -1.10. The van der Waals surface area contributed by atoms with Gasteiger partial charge in [0.2, 0.25) is 0 Å². The van der Waals surface area contributed by atoms with Gasteiger partial charge in [0.1, 0.15) is 5.82 Å². The maximum Gasteiger partial charge on any atom is 0.257 e. The van der Waals surface area contributed by atoms with E-state index < -0.39 is 0 Å². The van der Waals surface area contributed by atoms with E-state index in [1.54, 1.807) is 6.20 Å². The third-order valence-corrected chi connectivity index (χ3v) is 5.09. The van der Waals surface area contributed by atoms with Gasteiger partial charge in [0.05, 0.1) is 5.56 Å². The summed E-state index contributed by atoms with van der Waals surface area (Å²) in [7, 11) is 0. The molecule has 1 saturated heterocycles. The largest absolute Gasteiger partial charge is 0.370 e. The molecule has 2 heterocycles. The van der Waals surface area contributed by atoms with Crippen LogP contribution in [-0.2, 0) is 0 Å². The summed E-state index contributed by atoms with van der Waals surface area (Å²) in [5.41, 5.74) is 0.960. The Labute approximate surface area is 135 Å². The molecular weight excluding hydrogens is 330 g/mol. The highest BCUT2D eigenvalue weighted by Gasteiger charge is 2.37. The fraction of sp³-hybridized carbons (Fsp3) is 0.625. The number of carbonyl (C=O) groups excluding carboxylic acids is 1. The molecule has 1 aliphatic rings. The van der Waals surface area contributed by atoms with Crippen LogP contribution in [-0.4, -0.2) is 35.4 Å². The van der Waals surface area contributed by atoms with Crippen LogP contribution in [0.1, 0.15) is 50.4 Å². The van der Waals surface area contributed by atoms with Crippen LogP contribution in [0.25, 0.3) is 0 Å². The lowest BCUT2D eigenvalue weighted by molar-refractivity contribution is 0.0770. The van der Waals surface area contributed by atoms with Gasteiger partial charge < -0.3 is 10.2 Å². The molecule has 1 aliphatic heterocycles. The van der Waals surface area contributed by atoms with Crippen molar-refractivity contribution in [1.82, 2.24) is 9.88 Å². The van der Waals surface area contributed by atoms with Crippen LogP contribution in [0.5, 0.6) is 0 Å². The molecule has 0 aliphatic carbocycles. The smallest absolute Gasteiger partial charge is 0.257 e. The van der Waals surface area contributed by atoms with E-state index in [1.165, 1.54) is 0 Å². The van der Waals surface area contributed by atoms with Crippen LogP contribution in [0.2, 0.25) is 0 Å². The van der Waals surface area contributed by atoms with Gasteiger partial charge in [-0.15, -0.1) is 0 Å². The zero-order valence-electron chi connectivity index (χ0n) is 13.1. The average molecular weight is 354 g/mol. The van der Waals surface area contributed by atoms with E-state index in [4.69, 9.17) is 0 Å². The minimum absolute atomic E-state index is 0.0866. The van der Waals surface area contributed by atoms with Gasteiger partial charge in [-0.3, -0.25) is 4.79 Å². The number of nitrogens with zero attached hydrogens (tertiary/aromatic N) is 2. The summed E-state index contributed by atoms with van der Waals surface area (Å²) < 4.78 is 0.837. The van der Waals surface area contributed by atoms with Crippen molar-refractivity contribution in [3.05, 3.63) is 22.3 Å². The molecule has 1 fully saturated rings. The molecule has 0 radical (unpaired) electrons. The third-order valence-electron chi connectivity index (χ3n) is 4.65. The van der Waals surface area contributed by atoms with Crippen molar-refractivity contribution in [2.24, 2.45) is 5.41 Å². The Morgan fingerprint density at radius 1 is 1.43 bits per heavy atom. The standard InChI is InChI=1S/C16H24BrN3O/c1-4-16(5-2)7-8-20(11-16)15(21)13-9-12(17)10-19-14(13)18-6-3/h9-10H,4-8,11H2,1-3H3,(H,18,19). The lowest BCUT2D eigenvalue weighted by Gasteiger charge is -2.26. The quantitative estimate of drug-likeness (QED) is 0.872. The predicted molar refractivity (Wildman–Crippen MR) is 89.6 cm³/mol. The van der Waals surface area contributed by atoms with Crippen molar-refractivity contribution < 1.29 is 4.79 Å². The first kappa shape index (κ1) is 16.3. The number of amides is 1. The first-order chi connectivity index (χ1) is 10.0. The number of pyridine rings is 1. The molecule has 0 bridgehead atoms. The van der Waals surface area contributed by atoms with Crippen molar-refractivity contribution in [2.45, 2.75) is 40.0 Å². The Morgan fingerprint density at radius 3 is 2.71 bits per heavy atom. The van der Waals surface area contributed by atoms with Crippen LogP contribution in [0, 0.1) is 5.41 Å². The second-order valence-corrected chi connectivity index (χ2v) is 6.68. The van der Waals surface area contributed by atoms with Gasteiger partial charge in [0.25, 0.3) is 5.91 Å². The van der Waals surface area contributed by atoms with E-state index in [1.807, 2.05) is 17.9 Å². The highest BCUT2D eigenvalue weighted by Crippen LogP contribution is 2.37. The molecule has 0 spiro atoms. The number of aromatic nitrogens is 1. The minimum Gasteiger partial charge on any atom is -0.370 e. The van der Waals surface area contributed by atoms with Gasteiger partial charge in [-0.05, 0) is 53.6 Å². The maximum atomic E-state index is 12.8. The summed E-state index contributed by atoms with van der Waals surface area (Å²) >= 11 is 3.41. The molecule has 0 atom stereocenters. The van der Waals surface area contributed by atoms with E-state index in [-0.39, 0.29) is 5.91 Å². The second-order valence-electron chi connectivity index (χ2n) is 5.76. The number of likely N-dealkylation sites (tertiary alicyclic amines) is 1. The predicted octanol–water partition coefficient (Wildman–Crippen LogP) is 3.93. The average Bonchev–Trinajstić information content (AvgIpc) is 2.94. The molecule has 4 nitrogen and oxygen atoms in total. The van der Waals surface area contributed by atoms with Gasteiger partial charge in [-0.2, -0.15) is 0 Å². The lowest BCUT2D eigenvalue weighted by atomic mass is 9.82. The number of nitrogens with one attached hydrogen (secondary N) is 1. The molecule has 116 valence electrons. The molecule has 0 unspecified atom stereocenters. The first-order valence-corrected chi connectivity index (χ1v) is 8.53. The molecule has 1 aromatic rings. The molecule has 0 aromatic carbocycles. The normalized spacial score (nSPS) is 17.0. The SMILES string of the molecule is CCNc1ncc(Br)cc1C(=O)N1CCC(CC)(CC)C1. The zero-order chi connectivity index (χ0) is 15.5. The van der Waals surface area contributed by atoms with Gasteiger partial charge in [0.15, 0.2) is 0 Å². The fourth-order valence-corrected chi connectivity index (χ4v) is 3.35. The van der Waals surface area contributed by atoms with E-state index in [0.29, 0.717) is 16.8 Å². The summed E-state index contributed by atoms with van der Waals surface area (Å²) in [6.07, 6.45) is 5.08. The van der Waals surface area contributed by atoms with E-state index in [9.17, 15) is 4.79 Å². The van der Waals surface area contributed by atoms with Crippen LogP contribution in [0.3, 0.4) is 0 Å². The van der Waals surface area contributed by atoms with E-state index in [0.717, 1.165) is 43.4 Å². The van der Waals surface area contributed by atoms with E-state index >= 15 is 0 Å². The number of halogens is 1. The Kier molecular flexibility index (Phi) is 5.25. The Balaban J connectivity index is 2.23. The van der Waals surface area contributed by atoms with Crippen LogP contribution in [0.15, 0.2) is 16.7 Å². The molecular formula is C16H24BrN3O. The Morgan fingerprint density at radius 2 is 2.14 bits per heavy atom. The monoisotopic (exact) mass is 353 g/mol. The van der Waals surface area contributed by atoms with Crippen molar-refractivity contribution in [3.8, 4) is 0 Å². The van der Waals surface area contributed by atoms with E-state index in [2.05, 4.69) is 40.1 Å². The van der Waals surface area contributed by atoms with Crippen LogP contribution >= 0.6 is 15.9 Å². The van der Waals surface area contributed by atoms with Crippen molar-refractivity contribution in [2.75, 3.05) is 25.0 Å². The maximum absolute atomic E-state index is 12.8. The highest BCUT2D eigenvalue weighted by atomic mass is 79.9. The van der Waals surface area contributed by atoms with Crippen molar-refractivity contribution in [1.29, 1.82) is 0 Å². The third kappa shape index (κ3) is 3.39. The number of rotatable bonds is 5. The van der Waals surface area contributed by atoms with Gasteiger partial charge in [0, 0.05) is 30.3 Å². The second kappa shape index (κ2) is 6.77. The molecule has 0 saturated carbocycles. The summed E-state index contributed by atoms with van der Waals surface area (Å²) in [5, 5.41) is 3.18. The molecule has 1 N–H and O–H groups in total. The van der Waals surface area contributed by atoms with Crippen LogP contribution in [0.4, 0.5) is 5.82 Å². The highest BCUT2D eigenvalue weighted by molar-refractivity contribution is 9.10. The molecule has 5 heteroatoms. The molecule has 2 rings (SSSR count). The number of anilines is 1. The minimum atomic E-state index is 0.0866. The lowest BCUT2D eigenvalue weighted by Crippen LogP contribution is -2.32. The van der Waals surface area contributed by atoms with Crippen molar-refractivity contribution >= 4 is 27.7 Å². The van der Waals surface area contributed by atoms with Gasteiger partial charge >= 0.3 is 0 Å². The zero-order valence-corrected chi connectivity index (χ0v) is 14.7. The molecule has 1 amide bonds. The van der Waals surface area contributed by atoms with Crippen LogP contribution < -0.4 is 5.32 Å². The van der Waals surface area contributed by atoms with Gasteiger partial charge in [-0.25, -0.2) is 4.98 Å². The fourth-order valence-electron chi connectivity index (χ4n) is 3.02. The first-order valence-electron chi connectivity index (χ1n) is 7.74. The number of hydrogen-bond acceptors (Lipinski definition) is 3. The molecule has 21 heavy (non-hydrogen) atoms. The number of hydrogen-bond donors (Lipinski definition) is 1. The van der Waals surface area contributed by atoms with Crippen molar-refractivity contribution in [3.63, 3.8) is 0 Å². The topological polar surface area (TPSA) is 45.2 Å². The van der Waals surface area contributed by atoms with Gasteiger partial charge in [-0.1, -0.05) is 13.8 Å². The number of carbonyl (C=O) groups is 1. The Bertz CT molecular complexity index is 514. The summed E-state index contributed by atoms with van der Waals surface area (Å²) in [6, 6.07) is 1.87.